The summed E-state index contributed by atoms with van der Waals surface area (Å²) < 4.78 is 15.8. The third-order valence-electron chi connectivity index (χ3n) is 3.19. The third kappa shape index (κ3) is 5.92. The SMILES string of the molecule is COCCNc1cc(NCCOc2ccc(OC)cc2)nc(C)n1. The summed E-state index contributed by atoms with van der Waals surface area (Å²) in [5.74, 6) is 3.86. The maximum atomic E-state index is 5.67. The Morgan fingerprint density at radius 2 is 1.46 bits per heavy atom. The number of nitrogens with one attached hydrogen (secondary N) is 2. The van der Waals surface area contributed by atoms with Gasteiger partial charge in [0.15, 0.2) is 0 Å². The lowest BCUT2D eigenvalue weighted by atomic mass is 10.3. The Kier molecular flexibility index (Phi) is 7.10. The first-order valence-electron chi connectivity index (χ1n) is 7.80. The Balaban J connectivity index is 1.78. The van der Waals surface area contributed by atoms with Crippen LogP contribution in [0.25, 0.3) is 0 Å². The van der Waals surface area contributed by atoms with Gasteiger partial charge >= 0.3 is 0 Å². The molecule has 2 N–H and O–H groups in total. The van der Waals surface area contributed by atoms with Gasteiger partial charge in [-0.1, -0.05) is 0 Å². The summed E-state index contributed by atoms with van der Waals surface area (Å²) >= 11 is 0. The second-order valence-electron chi connectivity index (χ2n) is 5.06. The fourth-order valence-electron chi connectivity index (χ4n) is 2.05. The zero-order valence-corrected chi connectivity index (χ0v) is 14.3. The van der Waals surface area contributed by atoms with Crippen molar-refractivity contribution >= 4 is 11.6 Å². The molecule has 1 aromatic carbocycles. The highest BCUT2D eigenvalue weighted by Crippen LogP contribution is 2.17. The van der Waals surface area contributed by atoms with Crippen molar-refractivity contribution in [3.8, 4) is 11.5 Å². The van der Waals surface area contributed by atoms with Crippen LogP contribution in [0.2, 0.25) is 0 Å². The molecular formula is C17H24N4O3. The molecule has 1 aromatic heterocycles. The van der Waals surface area contributed by atoms with E-state index in [1.165, 1.54) is 0 Å². The van der Waals surface area contributed by atoms with Gasteiger partial charge in [0.2, 0.25) is 0 Å². The number of benzene rings is 1. The van der Waals surface area contributed by atoms with E-state index in [9.17, 15) is 0 Å². The minimum Gasteiger partial charge on any atom is -0.497 e. The standard InChI is InChI=1S/C17H24N4O3/c1-13-20-16(18-8-10-22-2)12-17(21-13)19-9-11-24-15-6-4-14(23-3)5-7-15/h4-7,12H,8-11H2,1-3H3,(H2,18,19,20,21). The van der Waals surface area contributed by atoms with Crippen LogP contribution in [0.3, 0.4) is 0 Å². The fourth-order valence-corrected chi connectivity index (χ4v) is 2.05. The van der Waals surface area contributed by atoms with Crippen LogP contribution >= 0.6 is 0 Å². The van der Waals surface area contributed by atoms with E-state index in [0.717, 1.165) is 23.1 Å². The van der Waals surface area contributed by atoms with E-state index in [-0.39, 0.29) is 0 Å². The van der Waals surface area contributed by atoms with Gasteiger partial charge in [-0.3, -0.25) is 0 Å². The van der Waals surface area contributed by atoms with E-state index in [2.05, 4.69) is 20.6 Å². The highest BCUT2D eigenvalue weighted by atomic mass is 16.5. The van der Waals surface area contributed by atoms with Crippen LogP contribution in [0.15, 0.2) is 30.3 Å². The van der Waals surface area contributed by atoms with Crippen LogP contribution in [-0.2, 0) is 4.74 Å². The van der Waals surface area contributed by atoms with Crippen molar-refractivity contribution in [3.63, 3.8) is 0 Å². The third-order valence-corrected chi connectivity index (χ3v) is 3.19. The Labute approximate surface area is 142 Å². The molecule has 0 atom stereocenters. The molecule has 130 valence electrons. The molecule has 7 nitrogen and oxygen atoms in total. The van der Waals surface area contributed by atoms with Crippen molar-refractivity contribution in [3.05, 3.63) is 36.2 Å². The second-order valence-corrected chi connectivity index (χ2v) is 5.06. The maximum absolute atomic E-state index is 5.67. The maximum Gasteiger partial charge on any atom is 0.131 e. The van der Waals surface area contributed by atoms with E-state index < -0.39 is 0 Å². The van der Waals surface area contributed by atoms with Crippen LogP contribution < -0.4 is 20.1 Å². The molecule has 0 aliphatic carbocycles. The lowest BCUT2D eigenvalue weighted by molar-refractivity contribution is 0.210. The van der Waals surface area contributed by atoms with Gasteiger partial charge in [-0.2, -0.15) is 0 Å². The van der Waals surface area contributed by atoms with E-state index in [4.69, 9.17) is 14.2 Å². The molecule has 0 saturated carbocycles. The number of rotatable bonds is 10. The predicted octanol–water partition coefficient (Wildman–Crippen LogP) is 2.34. The summed E-state index contributed by atoms with van der Waals surface area (Å²) in [6, 6.07) is 9.37. The molecule has 24 heavy (non-hydrogen) atoms. The molecule has 1 heterocycles. The number of aromatic nitrogens is 2. The molecule has 0 aliphatic rings. The van der Waals surface area contributed by atoms with Gasteiger partial charge in [-0.05, 0) is 31.2 Å². The summed E-state index contributed by atoms with van der Waals surface area (Å²) in [5.41, 5.74) is 0. The normalized spacial score (nSPS) is 10.3. The van der Waals surface area contributed by atoms with Crippen LogP contribution in [0.5, 0.6) is 11.5 Å². The number of hydrogen-bond acceptors (Lipinski definition) is 7. The average molecular weight is 332 g/mol. The van der Waals surface area contributed by atoms with E-state index >= 15 is 0 Å². The average Bonchev–Trinajstić information content (AvgIpc) is 2.59. The van der Waals surface area contributed by atoms with E-state index in [0.29, 0.717) is 32.1 Å². The summed E-state index contributed by atoms with van der Waals surface area (Å²) in [7, 11) is 3.31. The minimum atomic E-state index is 0.530. The second kappa shape index (κ2) is 9.57. The minimum absolute atomic E-state index is 0.530. The first kappa shape index (κ1) is 17.8. The number of methoxy groups -OCH3 is 2. The topological polar surface area (TPSA) is 77.5 Å². The molecule has 0 unspecified atom stereocenters. The molecule has 0 saturated heterocycles. The van der Waals surface area contributed by atoms with Gasteiger partial charge < -0.3 is 24.8 Å². The largest absolute Gasteiger partial charge is 0.497 e. The molecule has 0 amide bonds. The Hall–Kier alpha value is -2.54. The van der Waals surface area contributed by atoms with Gasteiger partial charge in [-0.15, -0.1) is 0 Å². The highest BCUT2D eigenvalue weighted by Gasteiger charge is 2.02. The molecule has 0 radical (unpaired) electrons. The van der Waals surface area contributed by atoms with Gasteiger partial charge in [0.05, 0.1) is 20.3 Å². The molecule has 0 aliphatic heterocycles. The van der Waals surface area contributed by atoms with Crippen LogP contribution in [0, 0.1) is 6.92 Å². The summed E-state index contributed by atoms with van der Waals surface area (Å²) in [6.45, 7) is 4.36. The monoisotopic (exact) mass is 332 g/mol. The summed E-state index contributed by atoms with van der Waals surface area (Å²) in [6.07, 6.45) is 0. The fraction of sp³-hybridized carbons (Fsp3) is 0.412. The predicted molar refractivity (Wildman–Crippen MR) is 94.1 cm³/mol. The van der Waals surface area contributed by atoms with Crippen molar-refractivity contribution < 1.29 is 14.2 Å². The van der Waals surface area contributed by atoms with Gasteiger partial charge in [0.1, 0.15) is 35.6 Å². The van der Waals surface area contributed by atoms with Crippen molar-refractivity contribution in [2.24, 2.45) is 0 Å². The van der Waals surface area contributed by atoms with Gasteiger partial charge in [0, 0.05) is 19.7 Å². The Morgan fingerprint density at radius 1 is 0.875 bits per heavy atom. The van der Waals surface area contributed by atoms with Crippen LogP contribution in [0.4, 0.5) is 11.6 Å². The molecular weight excluding hydrogens is 308 g/mol. The zero-order chi connectivity index (χ0) is 17.2. The number of ether oxygens (including phenoxy) is 3. The van der Waals surface area contributed by atoms with Crippen molar-refractivity contribution in [1.82, 2.24) is 9.97 Å². The summed E-state index contributed by atoms with van der Waals surface area (Å²) in [5, 5.41) is 6.43. The van der Waals surface area contributed by atoms with Gasteiger partial charge in [0.25, 0.3) is 0 Å². The first-order chi connectivity index (χ1) is 11.7. The number of nitrogens with zero attached hydrogens (tertiary/aromatic N) is 2. The van der Waals surface area contributed by atoms with Crippen molar-refractivity contribution in [2.75, 3.05) is 51.2 Å². The number of hydrogen-bond donors (Lipinski definition) is 2. The number of anilines is 2. The van der Waals surface area contributed by atoms with Gasteiger partial charge in [-0.25, -0.2) is 9.97 Å². The zero-order valence-electron chi connectivity index (χ0n) is 14.3. The van der Waals surface area contributed by atoms with Crippen molar-refractivity contribution in [2.45, 2.75) is 6.92 Å². The quantitative estimate of drug-likeness (QED) is 0.647. The molecule has 7 heteroatoms. The van der Waals surface area contributed by atoms with E-state index in [1.54, 1.807) is 14.2 Å². The smallest absolute Gasteiger partial charge is 0.131 e. The molecule has 0 bridgehead atoms. The first-order valence-corrected chi connectivity index (χ1v) is 7.80. The van der Waals surface area contributed by atoms with E-state index in [1.807, 2.05) is 37.3 Å². The molecule has 2 rings (SSSR count). The molecule has 0 fully saturated rings. The Morgan fingerprint density at radius 3 is 2.04 bits per heavy atom. The lowest BCUT2D eigenvalue weighted by Crippen LogP contribution is -2.14. The summed E-state index contributed by atoms with van der Waals surface area (Å²) in [4.78, 5) is 8.70. The Bertz CT molecular complexity index is 620. The van der Waals surface area contributed by atoms with Crippen LogP contribution in [-0.4, -0.2) is 50.5 Å². The molecule has 0 spiro atoms. The lowest BCUT2D eigenvalue weighted by Gasteiger charge is -2.11. The molecule has 2 aromatic rings. The number of aryl methyl sites for hydroxylation is 1. The van der Waals surface area contributed by atoms with Crippen molar-refractivity contribution in [1.29, 1.82) is 0 Å². The highest BCUT2D eigenvalue weighted by molar-refractivity contribution is 5.47. The van der Waals surface area contributed by atoms with Crippen LogP contribution in [0.1, 0.15) is 5.82 Å².